The Balaban J connectivity index is 1.89. The Kier molecular flexibility index (Phi) is 5.21. The summed E-state index contributed by atoms with van der Waals surface area (Å²) in [4.78, 5) is 0. The molecule has 1 N–H and O–H groups in total. The summed E-state index contributed by atoms with van der Waals surface area (Å²) in [6, 6.07) is 24.9. The van der Waals surface area contributed by atoms with Crippen molar-refractivity contribution in [3.63, 3.8) is 0 Å². The van der Waals surface area contributed by atoms with E-state index in [1.54, 1.807) is 12.1 Å². The van der Waals surface area contributed by atoms with Gasteiger partial charge in [-0.1, -0.05) is 68.3 Å². The zero-order valence-electron chi connectivity index (χ0n) is 16.7. The first kappa shape index (κ1) is 18.4. The van der Waals surface area contributed by atoms with E-state index in [1.807, 2.05) is 12.1 Å². The normalized spacial score (nSPS) is 11.2. The molecule has 3 aromatic carbocycles. The van der Waals surface area contributed by atoms with E-state index in [0.29, 0.717) is 5.75 Å². The minimum absolute atomic E-state index is 0.302. The molecule has 0 spiro atoms. The van der Waals surface area contributed by atoms with E-state index >= 15 is 0 Å². The van der Waals surface area contributed by atoms with Gasteiger partial charge < -0.3 is 9.67 Å². The van der Waals surface area contributed by atoms with Gasteiger partial charge in [-0.3, -0.25) is 0 Å². The van der Waals surface area contributed by atoms with Crippen LogP contribution in [-0.2, 0) is 13.5 Å². The van der Waals surface area contributed by atoms with Gasteiger partial charge in [-0.2, -0.15) is 0 Å². The number of aromatic nitrogens is 1. The number of aryl methyl sites for hydroxylation is 2. The van der Waals surface area contributed by atoms with Crippen molar-refractivity contribution in [2.75, 3.05) is 0 Å². The van der Waals surface area contributed by atoms with Gasteiger partial charge >= 0.3 is 0 Å². The number of aromatic hydroxyl groups is 1. The molecule has 0 radical (unpaired) electrons. The second-order valence-electron chi connectivity index (χ2n) is 7.49. The molecular formula is C26H27NO. The number of hydrogen-bond acceptors (Lipinski definition) is 1. The average molecular weight is 370 g/mol. The van der Waals surface area contributed by atoms with Crippen molar-refractivity contribution >= 4 is 10.9 Å². The van der Waals surface area contributed by atoms with E-state index < -0.39 is 0 Å². The third-order valence-corrected chi connectivity index (χ3v) is 5.58. The van der Waals surface area contributed by atoms with Crippen LogP contribution in [0, 0.1) is 0 Å². The molecule has 0 fully saturated rings. The van der Waals surface area contributed by atoms with Crippen LogP contribution in [0.5, 0.6) is 5.75 Å². The van der Waals surface area contributed by atoms with Crippen molar-refractivity contribution in [2.45, 2.75) is 32.6 Å². The van der Waals surface area contributed by atoms with Crippen molar-refractivity contribution in [1.29, 1.82) is 0 Å². The summed E-state index contributed by atoms with van der Waals surface area (Å²) in [5.41, 5.74) is 7.64. The third kappa shape index (κ3) is 3.43. The third-order valence-electron chi connectivity index (χ3n) is 5.58. The van der Waals surface area contributed by atoms with Gasteiger partial charge in [0.15, 0.2) is 0 Å². The summed E-state index contributed by atoms with van der Waals surface area (Å²) >= 11 is 0. The molecule has 4 rings (SSSR count). The molecule has 0 aliphatic rings. The molecule has 2 heteroatoms. The molecule has 0 atom stereocenters. The Labute approximate surface area is 167 Å². The largest absolute Gasteiger partial charge is 0.508 e. The first-order valence-corrected chi connectivity index (χ1v) is 10.1. The first-order chi connectivity index (χ1) is 13.7. The van der Waals surface area contributed by atoms with Gasteiger partial charge in [-0.05, 0) is 59.4 Å². The minimum atomic E-state index is 0.302. The van der Waals surface area contributed by atoms with Gasteiger partial charge in [-0.25, -0.2) is 0 Å². The Morgan fingerprint density at radius 3 is 2.21 bits per heavy atom. The van der Waals surface area contributed by atoms with E-state index in [1.165, 1.54) is 52.5 Å². The van der Waals surface area contributed by atoms with Gasteiger partial charge in [0, 0.05) is 18.0 Å². The standard InChI is InChI=1S/C26H27NO/c1-3-4-6-11-23-24-18-21(19-12-15-22(28)16-13-19)14-17-25(24)27(2)26(23)20-9-7-5-8-10-20/h5,7-10,12-18,28H,3-4,6,11H2,1-2H3. The van der Waals surface area contributed by atoms with Crippen LogP contribution in [0.2, 0.25) is 0 Å². The molecule has 1 heterocycles. The second-order valence-corrected chi connectivity index (χ2v) is 7.49. The van der Waals surface area contributed by atoms with Crippen molar-refractivity contribution in [3.05, 3.63) is 78.4 Å². The zero-order chi connectivity index (χ0) is 19.5. The quantitative estimate of drug-likeness (QED) is 0.365. The van der Waals surface area contributed by atoms with Crippen molar-refractivity contribution in [1.82, 2.24) is 4.57 Å². The predicted molar refractivity (Wildman–Crippen MR) is 119 cm³/mol. The summed E-state index contributed by atoms with van der Waals surface area (Å²) in [6.45, 7) is 2.25. The maximum atomic E-state index is 9.60. The molecule has 4 aromatic rings. The van der Waals surface area contributed by atoms with Crippen LogP contribution in [-0.4, -0.2) is 9.67 Å². The number of phenolic OH excluding ortho intramolecular Hbond substituents is 1. The molecule has 2 nitrogen and oxygen atoms in total. The van der Waals surface area contributed by atoms with Crippen LogP contribution < -0.4 is 0 Å². The highest BCUT2D eigenvalue weighted by Gasteiger charge is 2.17. The molecule has 0 bridgehead atoms. The molecule has 1 aromatic heterocycles. The molecular weight excluding hydrogens is 342 g/mol. The zero-order valence-corrected chi connectivity index (χ0v) is 16.7. The van der Waals surface area contributed by atoms with Crippen LogP contribution in [0.25, 0.3) is 33.3 Å². The Hall–Kier alpha value is -3.00. The first-order valence-electron chi connectivity index (χ1n) is 10.1. The van der Waals surface area contributed by atoms with E-state index in [0.717, 1.165) is 12.0 Å². The SMILES string of the molecule is CCCCCc1c(-c2ccccc2)n(C)c2ccc(-c3ccc(O)cc3)cc12. The van der Waals surface area contributed by atoms with Crippen LogP contribution in [0.1, 0.15) is 31.7 Å². The van der Waals surface area contributed by atoms with Crippen LogP contribution in [0.3, 0.4) is 0 Å². The molecule has 0 saturated heterocycles. The number of unbranched alkanes of at least 4 members (excludes halogenated alkanes) is 2. The number of nitrogens with zero attached hydrogens (tertiary/aromatic N) is 1. The van der Waals surface area contributed by atoms with E-state index in [-0.39, 0.29) is 0 Å². The minimum Gasteiger partial charge on any atom is -0.508 e. The summed E-state index contributed by atoms with van der Waals surface area (Å²) in [5, 5.41) is 10.9. The summed E-state index contributed by atoms with van der Waals surface area (Å²) < 4.78 is 2.34. The monoisotopic (exact) mass is 369 g/mol. The maximum absolute atomic E-state index is 9.60. The van der Waals surface area contributed by atoms with E-state index in [4.69, 9.17) is 0 Å². The van der Waals surface area contributed by atoms with Crippen LogP contribution in [0.15, 0.2) is 72.8 Å². The highest BCUT2D eigenvalue weighted by Crippen LogP contribution is 2.36. The molecule has 0 aliphatic heterocycles. The van der Waals surface area contributed by atoms with Crippen LogP contribution in [0.4, 0.5) is 0 Å². The molecule has 0 saturated carbocycles. The Bertz CT molecular complexity index is 1080. The number of phenols is 1. The fourth-order valence-electron chi connectivity index (χ4n) is 4.12. The number of rotatable bonds is 6. The fourth-order valence-corrected chi connectivity index (χ4v) is 4.12. The summed E-state index contributed by atoms with van der Waals surface area (Å²) in [7, 11) is 2.17. The van der Waals surface area contributed by atoms with E-state index in [2.05, 4.69) is 67.1 Å². The molecule has 0 unspecified atom stereocenters. The van der Waals surface area contributed by atoms with Gasteiger partial charge in [-0.15, -0.1) is 0 Å². The fraction of sp³-hybridized carbons (Fsp3) is 0.231. The van der Waals surface area contributed by atoms with Gasteiger partial charge in [0.2, 0.25) is 0 Å². The van der Waals surface area contributed by atoms with Gasteiger partial charge in [0.1, 0.15) is 5.75 Å². The smallest absolute Gasteiger partial charge is 0.115 e. The van der Waals surface area contributed by atoms with Gasteiger partial charge in [0.05, 0.1) is 5.69 Å². The Morgan fingerprint density at radius 2 is 1.50 bits per heavy atom. The topological polar surface area (TPSA) is 25.2 Å². The molecule has 0 amide bonds. The van der Waals surface area contributed by atoms with Crippen molar-refractivity contribution in [3.8, 4) is 28.1 Å². The average Bonchev–Trinajstić information content (AvgIpc) is 3.01. The van der Waals surface area contributed by atoms with Gasteiger partial charge in [0.25, 0.3) is 0 Å². The summed E-state index contributed by atoms with van der Waals surface area (Å²) in [6.07, 6.45) is 4.78. The second kappa shape index (κ2) is 7.93. The highest BCUT2D eigenvalue weighted by atomic mass is 16.3. The van der Waals surface area contributed by atoms with Crippen molar-refractivity contribution in [2.24, 2.45) is 7.05 Å². The number of fused-ring (bicyclic) bond motifs is 1. The van der Waals surface area contributed by atoms with Crippen LogP contribution >= 0.6 is 0 Å². The highest BCUT2D eigenvalue weighted by molar-refractivity contribution is 5.94. The lowest BCUT2D eigenvalue weighted by Gasteiger charge is -2.08. The molecule has 142 valence electrons. The maximum Gasteiger partial charge on any atom is 0.115 e. The lowest BCUT2D eigenvalue weighted by molar-refractivity contribution is 0.475. The number of hydrogen-bond donors (Lipinski definition) is 1. The predicted octanol–water partition coefficient (Wildman–Crippen LogP) is 6.95. The molecule has 0 aliphatic carbocycles. The lowest BCUT2D eigenvalue weighted by atomic mass is 9.97. The Morgan fingerprint density at radius 1 is 0.786 bits per heavy atom. The summed E-state index contributed by atoms with van der Waals surface area (Å²) in [5.74, 6) is 0.302. The molecule has 28 heavy (non-hydrogen) atoms. The number of benzene rings is 3. The van der Waals surface area contributed by atoms with Crippen molar-refractivity contribution < 1.29 is 5.11 Å². The van der Waals surface area contributed by atoms with E-state index in [9.17, 15) is 5.11 Å². The lowest BCUT2D eigenvalue weighted by Crippen LogP contribution is -1.94.